The molecule has 0 saturated heterocycles. The Bertz CT molecular complexity index is 1080. The maximum atomic E-state index is 8.49. The minimum Gasteiger partial charge on any atom is -0.222 e. The Morgan fingerprint density at radius 2 is 1.00 bits per heavy atom. The van der Waals surface area contributed by atoms with Gasteiger partial charge in [0.2, 0.25) is 11.4 Å². The Kier molecular flexibility index (Phi) is 6.95. The standard InChI is InChI=1S/C24H20N.ClHO4/c1-19-17-22(20-11-5-2-6-12-20)18-24(21-13-7-3-8-14-21)25(19)23-15-9-4-10-16-23;2-1(3,4)5/h2-18H,1H3;(H,2,3,4,5)/q+1;/p-1. The summed E-state index contributed by atoms with van der Waals surface area (Å²) in [5.41, 5.74) is 7.29. The van der Waals surface area contributed by atoms with Crippen LogP contribution in [0.3, 0.4) is 0 Å². The molecule has 152 valence electrons. The van der Waals surface area contributed by atoms with Crippen molar-refractivity contribution in [1.29, 1.82) is 0 Å². The van der Waals surface area contributed by atoms with Crippen molar-refractivity contribution in [2.75, 3.05) is 0 Å². The topological polar surface area (TPSA) is 96.1 Å². The van der Waals surface area contributed by atoms with E-state index in [2.05, 4.69) is 115 Å². The molecular weight excluding hydrogens is 402 g/mol. The van der Waals surface area contributed by atoms with Crippen LogP contribution in [0.5, 0.6) is 0 Å². The van der Waals surface area contributed by atoms with Crippen LogP contribution < -0.4 is 23.2 Å². The molecule has 0 unspecified atom stereocenters. The first kappa shape index (κ1) is 21.6. The molecule has 30 heavy (non-hydrogen) atoms. The number of halogens is 1. The Morgan fingerprint density at radius 3 is 1.50 bits per heavy atom. The van der Waals surface area contributed by atoms with Gasteiger partial charge in [0.05, 0.1) is 0 Å². The summed E-state index contributed by atoms with van der Waals surface area (Å²) in [6, 6.07) is 36.2. The van der Waals surface area contributed by atoms with Crippen molar-refractivity contribution in [2.24, 2.45) is 0 Å². The molecule has 0 N–H and O–H groups in total. The zero-order valence-corrected chi connectivity index (χ0v) is 17.0. The molecule has 6 heteroatoms. The number of hydrogen-bond acceptors (Lipinski definition) is 4. The first-order chi connectivity index (χ1) is 14.3. The monoisotopic (exact) mass is 421 g/mol. The number of aryl methyl sites for hydroxylation is 1. The summed E-state index contributed by atoms with van der Waals surface area (Å²) in [5.74, 6) is 0. The highest BCUT2D eigenvalue weighted by Gasteiger charge is 2.20. The lowest BCUT2D eigenvalue weighted by molar-refractivity contribution is -2.00. The molecule has 0 spiro atoms. The van der Waals surface area contributed by atoms with E-state index in [4.69, 9.17) is 18.6 Å². The highest BCUT2D eigenvalue weighted by molar-refractivity contribution is 5.69. The van der Waals surface area contributed by atoms with E-state index in [1.807, 2.05) is 0 Å². The van der Waals surface area contributed by atoms with E-state index in [1.165, 1.54) is 33.8 Å². The number of pyridine rings is 1. The lowest BCUT2D eigenvalue weighted by Crippen LogP contribution is -2.68. The fourth-order valence-corrected chi connectivity index (χ4v) is 3.27. The van der Waals surface area contributed by atoms with Crippen molar-refractivity contribution in [3.8, 4) is 28.1 Å². The van der Waals surface area contributed by atoms with Crippen LogP contribution in [0, 0.1) is 17.2 Å². The third-order valence-electron chi connectivity index (χ3n) is 4.44. The van der Waals surface area contributed by atoms with Gasteiger partial charge in [0, 0.05) is 36.8 Å². The molecule has 0 saturated carbocycles. The molecule has 3 aromatic carbocycles. The van der Waals surface area contributed by atoms with Gasteiger partial charge >= 0.3 is 0 Å². The van der Waals surface area contributed by atoms with Crippen LogP contribution in [0.2, 0.25) is 0 Å². The lowest BCUT2D eigenvalue weighted by Gasteiger charge is -2.17. The number of rotatable bonds is 3. The largest absolute Gasteiger partial charge is 0.222 e. The Morgan fingerprint density at radius 1 is 0.567 bits per heavy atom. The molecule has 0 aliphatic heterocycles. The van der Waals surface area contributed by atoms with Gasteiger partial charge in [0.1, 0.15) is 0 Å². The number of nitrogens with zero attached hydrogens (tertiary/aromatic N) is 1. The third kappa shape index (κ3) is 5.97. The number of hydrogen-bond donors (Lipinski definition) is 0. The van der Waals surface area contributed by atoms with E-state index in [0.717, 1.165) is 0 Å². The zero-order valence-electron chi connectivity index (χ0n) is 16.3. The van der Waals surface area contributed by atoms with E-state index in [-0.39, 0.29) is 0 Å². The molecule has 4 rings (SSSR count). The fourth-order valence-electron chi connectivity index (χ4n) is 3.27. The predicted octanol–water partition coefficient (Wildman–Crippen LogP) is 0.850. The van der Waals surface area contributed by atoms with Crippen molar-refractivity contribution < 1.29 is 33.4 Å². The minimum atomic E-state index is -4.94. The van der Waals surface area contributed by atoms with Crippen LogP contribution in [0.1, 0.15) is 5.69 Å². The summed E-state index contributed by atoms with van der Waals surface area (Å²) in [5, 5.41) is 0. The van der Waals surface area contributed by atoms with E-state index in [0.29, 0.717) is 0 Å². The van der Waals surface area contributed by atoms with Crippen molar-refractivity contribution in [1.82, 2.24) is 0 Å². The second-order valence-electron chi connectivity index (χ2n) is 6.55. The first-order valence-electron chi connectivity index (χ1n) is 9.17. The molecule has 0 fully saturated rings. The lowest BCUT2D eigenvalue weighted by atomic mass is 10.0. The summed E-state index contributed by atoms with van der Waals surface area (Å²) >= 11 is 0. The van der Waals surface area contributed by atoms with Gasteiger partial charge in [-0.2, -0.15) is 4.57 Å². The van der Waals surface area contributed by atoms with E-state index in [9.17, 15) is 0 Å². The van der Waals surface area contributed by atoms with Gasteiger partial charge in [0.15, 0.2) is 5.69 Å². The highest BCUT2D eigenvalue weighted by atomic mass is 35.7. The van der Waals surface area contributed by atoms with Crippen LogP contribution in [0.25, 0.3) is 28.1 Å². The molecule has 0 aliphatic rings. The van der Waals surface area contributed by atoms with Gasteiger partial charge in [-0.1, -0.05) is 66.7 Å². The second kappa shape index (κ2) is 9.63. The zero-order chi connectivity index (χ0) is 21.6. The third-order valence-corrected chi connectivity index (χ3v) is 4.44. The van der Waals surface area contributed by atoms with Crippen molar-refractivity contribution in [2.45, 2.75) is 6.92 Å². The molecule has 0 atom stereocenters. The molecule has 0 bridgehead atoms. The summed E-state index contributed by atoms with van der Waals surface area (Å²) in [4.78, 5) is 0. The number of benzene rings is 3. The number of aromatic nitrogens is 1. The smallest absolute Gasteiger partial charge is 0.219 e. The molecule has 1 heterocycles. The summed E-state index contributed by atoms with van der Waals surface area (Å²) in [6.07, 6.45) is 0. The fraction of sp³-hybridized carbons (Fsp3) is 0.0417. The van der Waals surface area contributed by atoms with Gasteiger partial charge in [-0.25, -0.2) is 18.6 Å². The molecular formula is C24H20ClNO4. The van der Waals surface area contributed by atoms with Gasteiger partial charge in [0.25, 0.3) is 0 Å². The van der Waals surface area contributed by atoms with E-state index in [1.54, 1.807) is 0 Å². The van der Waals surface area contributed by atoms with Crippen molar-refractivity contribution in [3.05, 3.63) is 109 Å². The molecule has 1 aromatic heterocycles. The van der Waals surface area contributed by atoms with Gasteiger partial charge < -0.3 is 0 Å². The summed E-state index contributed by atoms with van der Waals surface area (Å²) in [6.45, 7) is 2.17. The number of para-hydroxylation sites is 1. The van der Waals surface area contributed by atoms with Gasteiger partial charge in [-0.05, 0) is 23.3 Å². The second-order valence-corrected chi connectivity index (χ2v) is 7.31. The maximum absolute atomic E-state index is 8.49. The van der Waals surface area contributed by atoms with Gasteiger partial charge in [-0.3, -0.25) is 0 Å². The Labute approximate surface area is 177 Å². The average molecular weight is 422 g/mol. The van der Waals surface area contributed by atoms with Crippen LogP contribution in [-0.2, 0) is 0 Å². The highest BCUT2D eigenvalue weighted by Crippen LogP contribution is 2.26. The van der Waals surface area contributed by atoms with Gasteiger partial charge in [-0.15, -0.1) is 10.2 Å². The average Bonchev–Trinajstić information content (AvgIpc) is 2.74. The van der Waals surface area contributed by atoms with E-state index < -0.39 is 10.2 Å². The minimum absolute atomic E-state index is 1.18. The van der Waals surface area contributed by atoms with Crippen LogP contribution >= 0.6 is 0 Å². The molecule has 0 radical (unpaired) electrons. The molecule has 4 aromatic rings. The summed E-state index contributed by atoms with van der Waals surface area (Å²) < 4.78 is 36.3. The maximum Gasteiger partial charge on any atom is 0.219 e. The predicted molar refractivity (Wildman–Crippen MR) is 104 cm³/mol. The molecule has 5 nitrogen and oxygen atoms in total. The normalized spacial score (nSPS) is 10.8. The Balaban J connectivity index is 0.000000461. The quantitative estimate of drug-likeness (QED) is 0.458. The Hall–Kier alpha value is -3.06. The van der Waals surface area contributed by atoms with Crippen molar-refractivity contribution in [3.63, 3.8) is 0 Å². The molecule has 0 aliphatic carbocycles. The van der Waals surface area contributed by atoms with E-state index >= 15 is 0 Å². The van der Waals surface area contributed by atoms with Crippen LogP contribution in [0.4, 0.5) is 0 Å². The first-order valence-corrected chi connectivity index (χ1v) is 10.4. The van der Waals surface area contributed by atoms with Crippen molar-refractivity contribution >= 4 is 0 Å². The SMILES string of the molecule is Cc1cc(-c2ccccc2)cc(-c2ccccc2)[n+]1-c1ccccc1.[O-][Cl+3]([O-])([O-])[O-]. The van der Waals surface area contributed by atoms with Crippen LogP contribution in [0.15, 0.2) is 103 Å². The summed E-state index contributed by atoms with van der Waals surface area (Å²) in [7, 11) is -4.94. The van der Waals surface area contributed by atoms with Crippen LogP contribution in [-0.4, -0.2) is 0 Å². The molecule has 0 amide bonds.